The van der Waals surface area contributed by atoms with Crippen LogP contribution in [0.15, 0.2) is 24.3 Å². The molecular formula is C12H11NO4. The van der Waals surface area contributed by atoms with Crippen molar-refractivity contribution in [2.45, 2.75) is 0 Å². The summed E-state index contributed by atoms with van der Waals surface area (Å²) in [4.78, 5) is 15.5. The van der Waals surface area contributed by atoms with Crippen molar-refractivity contribution in [2.75, 3.05) is 14.2 Å². The first-order chi connectivity index (χ1) is 8.15. The quantitative estimate of drug-likeness (QED) is 0.800. The van der Waals surface area contributed by atoms with Crippen molar-refractivity contribution in [1.82, 2.24) is 4.98 Å². The smallest absolute Gasteiger partial charge is 0.356 e. The van der Waals surface area contributed by atoms with E-state index in [1.165, 1.54) is 32.4 Å². The lowest BCUT2D eigenvalue weighted by molar-refractivity contribution is 0.0594. The van der Waals surface area contributed by atoms with Gasteiger partial charge in [-0.2, -0.15) is 0 Å². The number of benzene rings is 1. The molecule has 17 heavy (non-hydrogen) atoms. The van der Waals surface area contributed by atoms with Gasteiger partial charge in [-0.15, -0.1) is 0 Å². The SMILES string of the molecule is COC(=O)c1cc(OC)c2cc(O)ccc2n1. The highest BCUT2D eigenvalue weighted by molar-refractivity contribution is 5.94. The summed E-state index contributed by atoms with van der Waals surface area (Å²) >= 11 is 0. The maximum atomic E-state index is 11.4. The third-order valence-corrected chi connectivity index (χ3v) is 2.37. The number of nitrogens with zero attached hydrogens (tertiary/aromatic N) is 1. The molecule has 2 rings (SSSR count). The molecule has 0 amide bonds. The fourth-order valence-electron chi connectivity index (χ4n) is 1.56. The van der Waals surface area contributed by atoms with Crippen LogP contribution in [0.1, 0.15) is 10.5 Å². The zero-order chi connectivity index (χ0) is 12.4. The fraction of sp³-hybridized carbons (Fsp3) is 0.167. The van der Waals surface area contributed by atoms with Crippen molar-refractivity contribution in [3.63, 3.8) is 0 Å². The lowest BCUT2D eigenvalue weighted by Gasteiger charge is -2.07. The first-order valence-electron chi connectivity index (χ1n) is 4.92. The predicted octanol–water partition coefficient (Wildman–Crippen LogP) is 1.74. The van der Waals surface area contributed by atoms with Crippen LogP contribution >= 0.6 is 0 Å². The number of esters is 1. The summed E-state index contributed by atoms with van der Waals surface area (Å²) in [6, 6.07) is 6.12. The molecule has 1 N–H and O–H groups in total. The third kappa shape index (κ3) is 1.99. The fourth-order valence-corrected chi connectivity index (χ4v) is 1.56. The van der Waals surface area contributed by atoms with E-state index in [0.717, 1.165) is 0 Å². The number of aromatic nitrogens is 1. The molecule has 88 valence electrons. The Morgan fingerprint density at radius 1 is 1.29 bits per heavy atom. The van der Waals surface area contributed by atoms with Crippen LogP contribution in [-0.2, 0) is 4.74 Å². The molecule has 0 fully saturated rings. The number of carbonyl (C=O) groups excluding carboxylic acids is 1. The average molecular weight is 233 g/mol. The standard InChI is InChI=1S/C12H11NO4/c1-16-11-6-10(12(15)17-2)13-9-4-3-7(14)5-8(9)11/h3-6,14H,1-2H3. The van der Waals surface area contributed by atoms with E-state index < -0.39 is 5.97 Å². The van der Waals surface area contributed by atoms with E-state index in [1.54, 1.807) is 6.07 Å². The highest BCUT2D eigenvalue weighted by Gasteiger charge is 2.13. The van der Waals surface area contributed by atoms with Gasteiger partial charge in [0.15, 0.2) is 5.69 Å². The topological polar surface area (TPSA) is 68.7 Å². The minimum atomic E-state index is -0.529. The molecule has 0 radical (unpaired) electrons. The van der Waals surface area contributed by atoms with E-state index in [2.05, 4.69) is 9.72 Å². The van der Waals surface area contributed by atoms with Crippen LogP contribution in [0.25, 0.3) is 10.9 Å². The second kappa shape index (κ2) is 4.29. The van der Waals surface area contributed by atoms with Crippen LogP contribution in [0.5, 0.6) is 11.5 Å². The highest BCUT2D eigenvalue weighted by atomic mass is 16.5. The number of ether oxygens (including phenoxy) is 2. The molecule has 5 nitrogen and oxygen atoms in total. The molecule has 0 spiro atoms. The molecule has 0 saturated heterocycles. The van der Waals surface area contributed by atoms with Gasteiger partial charge < -0.3 is 14.6 Å². The molecule has 0 aliphatic carbocycles. The van der Waals surface area contributed by atoms with Crippen LogP contribution in [0, 0.1) is 0 Å². The zero-order valence-corrected chi connectivity index (χ0v) is 9.43. The Morgan fingerprint density at radius 3 is 2.71 bits per heavy atom. The van der Waals surface area contributed by atoms with Crippen LogP contribution < -0.4 is 4.74 Å². The molecule has 5 heteroatoms. The zero-order valence-electron chi connectivity index (χ0n) is 9.43. The molecule has 2 aromatic rings. The molecule has 1 aromatic heterocycles. The van der Waals surface area contributed by atoms with Gasteiger partial charge in [0.05, 0.1) is 19.7 Å². The number of aromatic hydroxyl groups is 1. The molecule has 0 aliphatic rings. The predicted molar refractivity (Wildman–Crippen MR) is 61.3 cm³/mol. The van der Waals surface area contributed by atoms with Gasteiger partial charge in [-0.25, -0.2) is 9.78 Å². The number of fused-ring (bicyclic) bond motifs is 1. The molecular weight excluding hydrogens is 222 g/mol. The van der Waals surface area contributed by atoms with Crippen molar-refractivity contribution >= 4 is 16.9 Å². The van der Waals surface area contributed by atoms with E-state index in [1.807, 2.05) is 0 Å². The Morgan fingerprint density at radius 2 is 2.06 bits per heavy atom. The lowest BCUT2D eigenvalue weighted by atomic mass is 10.1. The van der Waals surface area contributed by atoms with Gasteiger partial charge in [0.2, 0.25) is 0 Å². The lowest BCUT2D eigenvalue weighted by Crippen LogP contribution is -2.05. The van der Waals surface area contributed by atoms with E-state index >= 15 is 0 Å². The Hall–Kier alpha value is -2.30. The van der Waals surface area contributed by atoms with Crippen LogP contribution in [-0.4, -0.2) is 30.3 Å². The number of hydrogen-bond acceptors (Lipinski definition) is 5. The van der Waals surface area contributed by atoms with Gasteiger partial charge in [0, 0.05) is 11.5 Å². The van der Waals surface area contributed by atoms with E-state index in [9.17, 15) is 9.90 Å². The Kier molecular flexibility index (Phi) is 2.82. The molecule has 0 unspecified atom stereocenters. The first-order valence-corrected chi connectivity index (χ1v) is 4.92. The van der Waals surface area contributed by atoms with Crippen LogP contribution in [0.4, 0.5) is 0 Å². The molecule has 0 atom stereocenters. The van der Waals surface area contributed by atoms with Gasteiger partial charge in [0.25, 0.3) is 0 Å². The second-order valence-corrected chi connectivity index (χ2v) is 3.40. The van der Waals surface area contributed by atoms with Crippen LogP contribution in [0.3, 0.4) is 0 Å². The molecule has 0 saturated carbocycles. The molecule has 1 aromatic carbocycles. The Bertz CT molecular complexity index is 580. The van der Waals surface area contributed by atoms with Gasteiger partial charge in [0.1, 0.15) is 11.5 Å². The number of carbonyl (C=O) groups is 1. The number of phenols is 1. The molecule has 0 aliphatic heterocycles. The van der Waals surface area contributed by atoms with E-state index in [-0.39, 0.29) is 11.4 Å². The Labute approximate surface area is 97.6 Å². The summed E-state index contributed by atoms with van der Waals surface area (Å²) in [7, 11) is 2.78. The Balaban J connectivity index is 2.70. The van der Waals surface area contributed by atoms with Gasteiger partial charge in [-0.1, -0.05) is 0 Å². The summed E-state index contributed by atoms with van der Waals surface area (Å²) in [6.07, 6.45) is 0. The van der Waals surface area contributed by atoms with E-state index in [0.29, 0.717) is 16.7 Å². The maximum Gasteiger partial charge on any atom is 0.356 e. The second-order valence-electron chi connectivity index (χ2n) is 3.40. The third-order valence-electron chi connectivity index (χ3n) is 2.37. The molecule has 1 heterocycles. The van der Waals surface area contributed by atoms with Crippen molar-refractivity contribution in [3.05, 3.63) is 30.0 Å². The van der Waals surface area contributed by atoms with Crippen molar-refractivity contribution in [2.24, 2.45) is 0 Å². The number of phenolic OH excluding ortho intramolecular Hbond substituents is 1. The number of rotatable bonds is 2. The van der Waals surface area contributed by atoms with E-state index in [4.69, 9.17) is 4.74 Å². The minimum absolute atomic E-state index is 0.114. The summed E-state index contributed by atoms with van der Waals surface area (Å²) in [5.74, 6) is 0.0491. The highest BCUT2D eigenvalue weighted by Crippen LogP contribution is 2.28. The summed E-state index contributed by atoms with van der Waals surface area (Å²) in [5.41, 5.74) is 0.727. The minimum Gasteiger partial charge on any atom is -0.508 e. The number of methoxy groups -OCH3 is 2. The normalized spacial score (nSPS) is 10.2. The average Bonchev–Trinajstić information content (AvgIpc) is 2.36. The van der Waals surface area contributed by atoms with Gasteiger partial charge >= 0.3 is 5.97 Å². The number of hydrogen-bond donors (Lipinski definition) is 1. The van der Waals surface area contributed by atoms with Gasteiger partial charge in [-0.3, -0.25) is 0 Å². The van der Waals surface area contributed by atoms with Gasteiger partial charge in [-0.05, 0) is 18.2 Å². The maximum absolute atomic E-state index is 11.4. The monoisotopic (exact) mass is 233 g/mol. The summed E-state index contributed by atoms with van der Waals surface area (Å²) in [5, 5.41) is 10.0. The largest absolute Gasteiger partial charge is 0.508 e. The van der Waals surface area contributed by atoms with Crippen molar-refractivity contribution in [3.8, 4) is 11.5 Å². The molecule has 0 bridgehead atoms. The summed E-state index contributed by atoms with van der Waals surface area (Å²) in [6.45, 7) is 0. The summed E-state index contributed by atoms with van der Waals surface area (Å²) < 4.78 is 9.76. The van der Waals surface area contributed by atoms with Crippen molar-refractivity contribution in [1.29, 1.82) is 0 Å². The van der Waals surface area contributed by atoms with Crippen LogP contribution in [0.2, 0.25) is 0 Å². The first kappa shape index (κ1) is 11.2. The van der Waals surface area contributed by atoms with Crippen molar-refractivity contribution < 1.29 is 19.4 Å². The number of pyridine rings is 1.